The molecule has 1 nitrogen and oxygen atoms in total. The summed E-state index contributed by atoms with van der Waals surface area (Å²) in [7, 11) is 0. The Labute approximate surface area is 94.7 Å². The first kappa shape index (κ1) is 11.8. The predicted molar refractivity (Wildman–Crippen MR) is 61.0 cm³/mol. The molecule has 0 radical (unpaired) electrons. The fraction of sp³-hybridized carbons (Fsp3) is 0.455. The number of aliphatic hydroxyl groups is 1. The third-order valence-corrected chi connectivity index (χ3v) is 2.47. The van der Waals surface area contributed by atoms with Crippen molar-refractivity contribution in [3.05, 3.63) is 33.8 Å². The van der Waals surface area contributed by atoms with Crippen molar-refractivity contribution in [2.24, 2.45) is 5.41 Å². The Hall–Kier alpha value is -0.240. The Balaban J connectivity index is 2.87. The molecule has 0 saturated heterocycles. The molecule has 78 valence electrons. The molecule has 14 heavy (non-hydrogen) atoms. The maximum absolute atomic E-state index is 9.13. The van der Waals surface area contributed by atoms with Crippen molar-refractivity contribution < 1.29 is 5.11 Å². The van der Waals surface area contributed by atoms with Crippen LogP contribution in [0.2, 0.25) is 10.0 Å². The highest BCUT2D eigenvalue weighted by molar-refractivity contribution is 6.34. The molecule has 0 unspecified atom stereocenters. The van der Waals surface area contributed by atoms with Crippen molar-refractivity contribution in [1.29, 1.82) is 0 Å². The minimum Gasteiger partial charge on any atom is -0.396 e. The molecule has 0 bridgehead atoms. The van der Waals surface area contributed by atoms with Gasteiger partial charge in [-0.15, -0.1) is 0 Å². The van der Waals surface area contributed by atoms with E-state index in [2.05, 4.69) is 0 Å². The van der Waals surface area contributed by atoms with Gasteiger partial charge in [0, 0.05) is 16.7 Å². The topological polar surface area (TPSA) is 20.2 Å². The highest BCUT2D eigenvalue weighted by Gasteiger charge is 2.17. The summed E-state index contributed by atoms with van der Waals surface area (Å²) in [4.78, 5) is 0. The van der Waals surface area contributed by atoms with Gasteiger partial charge in [-0.25, -0.2) is 0 Å². The Morgan fingerprint density at radius 2 is 1.64 bits per heavy atom. The molecule has 0 spiro atoms. The largest absolute Gasteiger partial charge is 0.396 e. The van der Waals surface area contributed by atoms with Crippen LogP contribution in [0.25, 0.3) is 0 Å². The molecule has 0 fully saturated rings. The lowest BCUT2D eigenvalue weighted by atomic mass is 9.87. The molecule has 0 aliphatic rings. The van der Waals surface area contributed by atoms with Gasteiger partial charge in [0.15, 0.2) is 0 Å². The quantitative estimate of drug-likeness (QED) is 0.846. The lowest BCUT2D eigenvalue weighted by Gasteiger charge is -2.21. The minimum absolute atomic E-state index is 0.131. The molecule has 0 heterocycles. The summed E-state index contributed by atoms with van der Waals surface area (Å²) in [5.41, 5.74) is 0.926. The third-order valence-electron chi connectivity index (χ3n) is 2.03. The molecule has 1 rings (SSSR count). The first-order valence-corrected chi connectivity index (χ1v) is 5.24. The summed E-state index contributed by atoms with van der Waals surface area (Å²) in [5.74, 6) is 0. The van der Waals surface area contributed by atoms with E-state index >= 15 is 0 Å². The van der Waals surface area contributed by atoms with Crippen LogP contribution in [0.3, 0.4) is 0 Å². The standard InChI is InChI=1S/C11H14Cl2O/c1-11(2,7-14)6-8-3-9(12)5-10(13)4-8/h3-5,14H,6-7H2,1-2H3. The van der Waals surface area contributed by atoms with Crippen molar-refractivity contribution in [3.63, 3.8) is 0 Å². The normalized spacial score (nSPS) is 11.8. The number of hydrogen-bond donors (Lipinski definition) is 1. The van der Waals surface area contributed by atoms with Crippen molar-refractivity contribution in [3.8, 4) is 0 Å². The summed E-state index contributed by atoms with van der Waals surface area (Å²) < 4.78 is 0. The zero-order valence-electron chi connectivity index (χ0n) is 8.35. The first-order valence-electron chi connectivity index (χ1n) is 4.49. The van der Waals surface area contributed by atoms with Crippen molar-refractivity contribution in [2.75, 3.05) is 6.61 Å². The highest BCUT2D eigenvalue weighted by atomic mass is 35.5. The van der Waals surface area contributed by atoms with Crippen LogP contribution in [0.1, 0.15) is 19.4 Å². The lowest BCUT2D eigenvalue weighted by molar-refractivity contribution is 0.159. The molecule has 1 aromatic carbocycles. The number of rotatable bonds is 3. The second-order valence-corrected chi connectivity index (χ2v) is 5.15. The summed E-state index contributed by atoms with van der Waals surface area (Å²) in [6, 6.07) is 5.47. The van der Waals surface area contributed by atoms with Crippen LogP contribution in [0.15, 0.2) is 18.2 Å². The molecular weight excluding hydrogens is 219 g/mol. The fourth-order valence-electron chi connectivity index (χ4n) is 1.32. The van der Waals surface area contributed by atoms with Crippen molar-refractivity contribution in [2.45, 2.75) is 20.3 Å². The summed E-state index contributed by atoms with van der Waals surface area (Å²) in [6.45, 7) is 4.15. The zero-order valence-corrected chi connectivity index (χ0v) is 9.86. The molecule has 3 heteroatoms. The SMILES string of the molecule is CC(C)(CO)Cc1cc(Cl)cc(Cl)c1. The Bertz CT molecular complexity index is 301. The molecular formula is C11H14Cl2O. The minimum atomic E-state index is -0.131. The van der Waals surface area contributed by atoms with E-state index in [4.69, 9.17) is 28.3 Å². The number of halogens is 2. The molecule has 1 N–H and O–H groups in total. The molecule has 0 atom stereocenters. The van der Waals surface area contributed by atoms with E-state index in [1.165, 1.54) is 0 Å². The van der Waals surface area contributed by atoms with Crippen molar-refractivity contribution in [1.82, 2.24) is 0 Å². The molecule has 0 aliphatic carbocycles. The number of aliphatic hydroxyl groups excluding tert-OH is 1. The zero-order chi connectivity index (χ0) is 10.8. The van der Waals surface area contributed by atoms with E-state index in [-0.39, 0.29) is 12.0 Å². The average molecular weight is 233 g/mol. The molecule has 0 aliphatic heterocycles. The van der Waals surface area contributed by atoms with Crippen molar-refractivity contribution >= 4 is 23.2 Å². The summed E-state index contributed by atoms with van der Waals surface area (Å²) >= 11 is 11.8. The van der Waals surface area contributed by atoms with E-state index in [1.807, 2.05) is 26.0 Å². The van der Waals surface area contributed by atoms with Gasteiger partial charge in [0.25, 0.3) is 0 Å². The van der Waals surface area contributed by atoms with Gasteiger partial charge >= 0.3 is 0 Å². The van der Waals surface area contributed by atoms with Crippen LogP contribution in [0, 0.1) is 5.41 Å². The van der Waals surface area contributed by atoms with E-state index in [0.717, 1.165) is 12.0 Å². The Morgan fingerprint density at radius 3 is 2.07 bits per heavy atom. The smallest absolute Gasteiger partial charge is 0.0485 e. The van der Waals surface area contributed by atoms with Crippen LogP contribution in [0.5, 0.6) is 0 Å². The van der Waals surface area contributed by atoms with Gasteiger partial charge in [-0.2, -0.15) is 0 Å². The van der Waals surface area contributed by atoms with E-state index in [9.17, 15) is 0 Å². The fourth-order valence-corrected chi connectivity index (χ4v) is 1.89. The van der Waals surface area contributed by atoms with E-state index in [1.54, 1.807) is 6.07 Å². The number of benzene rings is 1. The summed E-state index contributed by atoms with van der Waals surface area (Å²) in [5, 5.41) is 10.4. The predicted octanol–water partition coefficient (Wildman–Crippen LogP) is 3.55. The monoisotopic (exact) mass is 232 g/mol. The first-order chi connectivity index (χ1) is 6.43. The van der Waals surface area contributed by atoms with Crippen LogP contribution in [0.4, 0.5) is 0 Å². The van der Waals surface area contributed by atoms with Gasteiger partial charge in [0.2, 0.25) is 0 Å². The average Bonchev–Trinajstić information content (AvgIpc) is 2.01. The maximum atomic E-state index is 9.13. The van der Waals surface area contributed by atoms with Gasteiger partial charge in [0.1, 0.15) is 0 Å². The van der Waals surface area contributed by atoms with Crippen LogP contribution >= 0.6 is 23.2 Å². The third kappa shape index (κ3) is 3.49. The second-order valence-electron chi connectivity index (χ2n) is 4.28. The Morgan fingerprint density at radius 1 is 1.14 bits per heavy atom. The second kappa shape index (κ2) is 4.52. The van der Waals surface area contributed by atoms with Gasteiger partial charge in [-0.3, -0.25) is 0 Å². The van der Waals surface area contributed by atoms with Crippen LogP contribution in [-0.4, -0.2) is 11.7 Å². The van der Waals surface area contributed by atoms with Gasteiger partial charge < -0.3 is 5.11 Å². The Kier molecular flexibility index (Phi) is 3.82. The van der Waals surface area contributed by atoms with E-state index < -0.39 is 0 Å². The van der Waals surface area contributed by atoms with E-state index in [0.29, 0.717) is 10.0 Å². The maximum Gasteiger partial charge on any atom is 0.0485 e. The van der Waals surface area contributed by atoms with Crippen LogP contribution < -0.4 is 0 Å². The molecule has 0 amide bonds. The number of hydrogen-bond acceptors (Lipinski definition) is 1. The van der Waals surface area contributed by atoms with Gasteiger partial charge in [-0.1, -0.05) is 37.0 Å². The lowest BCUT2D eigenvalue weighted by Crippen LogP contribution is -2.19. The molecule has 1 aromatic rings. The van der Waals surface area contributed by atoms with Crippen LogP contribution in [-0.2, 0) is 6.42 Å². The summed E-state index contributed by atoms with van der Waals surface area (Å²) in [6.07, 6.45) is 0.768. The highest BCUT2D eigenvalue weighted by Crippen LogP contribution is 2.25. The molecule has 0 saturated carbocycles. The van der Waals surface area contributed by atoms with Gasteiger partial charge in [-0.05, 0) is 35.6 Å². The molecule has 0 aromatic heterocycles. The van der Waals surface area contributed by atoms with Gasteiger partial charge in [0.05, 0.1) is 0 Å².